The van der Waals surface area contributed by atoms with Crippen LogP contribution in [0.2, 0.25) is 5.02 Å². The van der Waals surface area contributed by atoms with Crippen LogP contribution in [0, 0.1) is 11.6 Å². The smallest absolute Gasteiger partial charge is 0.309 e. The molecule has 0 saturated carbocycles. The molecular formula is C20H20ClF2N3O5S. The molecule has 2 aromatic rings. The summed E-state index contributed by atoms with van der Waals surface area (Å²) in [5.74, 6) is -3.95. The summed E-state index contributed by atoms with van der Waals surface area (Å²) in [7, 11) is -4.45. The maximum absolute atomic E-state index is 14.1. The first kappa shape index (κ1) is 24.1. The van der Waals surface area contributed by atoms with Gasteiger partial charge in [0.05, 0.1) is 13.2 Å². The van der Waals surface area contributed by atoms with E-state index in [2.05, 4.69) is 10.6 Å². The number of hydrogen-bond donors (Lipinski definition) is 2. The monoisotopic (exact) mass is 487 g/mol. The van der Waals surface area contributed by atoms with E-state index in [1.54, 1.807) is 24.3 Å². The highest BCUT2D eigenvalue weighted by Crippen LogP contribution is 2.24. The minimum atomic E-state index is -4.45. The molecule has 0 aliphatic carbocycles. The van der Waals surface area contributed by atoms with Crippen molar-refractivity contribution in [2.24, 2.45) is 0 Å². The molecule has 1 atom stereocenters. The second-order valence-electron chi connectivity index (χ2n) is 6.89. The largest absolute Gasteiger partial charge is 0.360 e. The van der Waals surface area contributed by atoms with Gasteiger partial charge in [0.25, 0.3) is 0 Å². The Hall–Kier alpha value is -2.60. The molecule has 1 fully saturated rings. The van der Waals surface area contributed by atoms with Crippen molar-refractivity contribution in [2.75, 3.05) is 19.7 Å². The Morgan fingerprint density at radius 3 is 2.50 bits per heavy atom. The first-order valence-electron chi connectivity index (χ1n) is 9.57. The summed E-state index contributed by atoms with van der Waals surface area (Å²) in [5.41, 5.74) is 0.723. The standard InChI is InChI=1S/C20H20ClF2N3O5S/c21-14-4-2-13(3-5-14)11-24-19(27)20(28)25-12-18-26(8-1-9-31-18)32(29,30)17-10-15(22)6-7-16(17)23/h2-7,10,18H,1,8-9,11-12H2,(H,24,27)(H,25,28)/t18-/m1/s1. The number of carbonyl (C=O) groups is 2. The van der Waals surface area contributed by atoms with Crippen LogP contribution in [0.5, 0.6) is 0 Å². The number of nitrogens with zero attached hydrogens (tertiary/aromatic N) is 1. The van der Waals surface area contributed by atoms with Gasteiger partial charge in [-0.05, 0) is 42.3 Å². The summed E-state index contributed by atoms with van der Waals surface area (Å²) in [6.07, 6.45) is -0.869. The number of nitrogens with one attached hydrogen (secondary N) is 2. The number of ether oxygens (including phenoxy) is 1. The predicted molar refractivity (Wildman–Crippen MR) is 111 cm³/mol. The van der Waals surface area contributed by atoms with E-state index in [1.807, 2.05) is 0 Å². The lowest BCUT2D eigenvalue weighted by atomic mass is 10.2. The normalized spacial score (nSPS) is 17.0. The topological polar surface area (TPSA) is 105 Å². The zero-order chi connectivity index (χ0) is 23.3. The molecule has 2 amide bonds. The molecular weight excluding hydrogens is 468 g/mol. The van der Waals surface area contributed by atoms with Crippen LogP contribution in [-0.2, 0) is 30.9 Å². The summed E-state index contributed by atoms with van der Waals surface area (Å²) in [4.78, 5) is 23.3. The van der Waals surface area contributed by atoms with E-state index in [0.29, 0.717) is 17.5 Å². The Labute approximate surface area is 188 Å². The van der Waals surface area contributed by atoms with E-state index < -0.39 is 44.6 Å². The third-order valence-electron chi connectivity index (χ3n) is 4.64. The van der Waals surface area contributed by atoms with Gasteiger partial charge >= 0.3 is 11.8 Å². The van der Waals surface area contributed by atoms with Crippen LogP contribution in [0.15, 0.2) is 47.4 Å². The number of amides is 2. The van der Waals surface area contributed by atoms with Crippen molar-refractivity contribution in [2.45, 2.75) is 24.1 Å². The van der Waals surface area contributed by atoms with Gasteiger partial charge < -0.3 is 15.4 Å². The van der Waals surface area contributed by atoms with Crippen molar-refractivity contribution >= 4 is 33.4 Å². The van der Waals surface area contributed by atoms with E-state index in [1.165, 1.54) is 0 Å². The molecule has 2 N–H and O–H groups in total. The molecule has 0 spiro atoms. The van der Waals surface area contributed by atoms with Crippen molar-refractivity contribution in [1.29, 1.82) is 0 Å². The average Bonchev–Trinajstić information content (AvgIpc) is 2.78. The summed E-state index contributed by atoms with van der Waals surface area (Å²) < 4.78 is 59.6. The van der Waals surface area contributed by atoms with Gasteiger partial charge in [-0.15, -0.1) is 0 Å². The highest BCUT2D eigenvalue weighted by atomic mass is 35.5. The third kappa shape index (κ3) is 5.80. The first-order valence-corrected chi connectivity index (χ1v) is 11.4. The zero-order valence-corrected chi connectivity index (χ0v) is 18.3. The second kappa shape index (κ2) is 10.3. The Kier molecular flexibility index (Phi) is 7.77. The molecule has 1 aliphatic rings. The van der Waals surface area contributed by atoms with Crippen molar-refractivity contribution in [3.8, 4) is 0 Å². The molecule has 1 heterocycles. The number of benzene rings is 2. The minimum absolute atomic E-state index is 0.0262. The highest BCUT2D eigenvalue weighted by Gasteiger charge is 2.36. The average molecular weight is 488 g/mol. The molecule has 0 aromatic heterocycles. The third-order valence-corrected chi connectivity index (χ3v) is 6.80. The zero-order valence-electron chi connectivity index (χ0n) is 16.7. The number of hydrogen-bond acceptors (Lipinski definition) is 5. The van der Waals surface area contributed by atoms with Crippen LogP contribution >= 0.6 is 11.6 Å². The number of sulfonamides is 1. The maximum atomic E-state index is 14.1. The Morgan fingerprint density at radius 2 is 1.78 bits per heavy atom. The molecule has 8 nitrogen and oxygen atoms in total. The predicted octanol–water partition coefficient (Wildman–Crippen LogP) is 1.79. The second-order valence-corrected chi connectivity index (χ2v) is 9.18. The fourth-order valence-corrected chi connectivity index (χ4v) is 4.80. The molecule has 3 rings (SSSR count). The van der Waals surface area contributed by atoms with E-state index in [-0.39, 0.29) is 26.2 Å². The van der Waals surface area contributed by atoms with Crippen LogP contribution in [0.3, 0.4) is 0 Å². The lowest BCUT2D eigenvalue weighted by molar-refractivity contribution is -0.140. The summed E-state index contributed by atoms with van der Waals surface area (Å²) in [6, 6.07) is 8.75. The molecule has 32 heavy (non-hydrogen) atoms. The van der Waals surface area contributed by atoms with Gasteiger partial charge in [0.15, 0.2) is 0 Å². The van der Waals surface area contributed by atoms with Gasteiger partial charge in [0, 0.05) is 18.1 Å². The molecule has 0 unspecified atom stereocenters. The van der Waals surface area contributed by atoms with Crippen molar-refractivity contribution in [1.82, 2.24) is 14.9 Å². The van der Waals surface area contributed by atoms with Gasteiger partial charge in [-0.2, -0.15) is 4.31 Å². The summed E-state index contributed by atoms with van der Waals surface area (Å²) in [5, 5.41) is 5.27. The van der Waals surface area contributed by atoms with Crippen LogP contribution in [0.4, 0.5) is 8.78 Å². The number of carbonyl (C=O) groups excluding carboxylic acids is 2. The fourth-order valence-electron chi connectivity index (χ4n) is 3.03. The van der Waals surface area contributed by atoms with Gasteiger partial charge in [0.2, 0.25) is 10.0 Å². The van der Waals surface area contributed by atoms with Crippen LogP contribution in [0.1, 0.15) is 12.0 Å². The minimum Gasteiger partial charge on any atom is -0.360 e. The molecule has 0 bridgehead atoms. The van der Waals surface area contributed by atoms with Crippen molar-refractivity contribution < 1.29 is 31.5 Å². The van der Waals surface area contributed by atoms with E-state index in [4.69, 9.17) is 16.3 Å². The van der Waals surface area contributed by atoms with Gasteiger partial charge in [-0.3, -0.25) is 9.59 Å². The van der Waals surface area contributed by atoms with Gasteiger partial charge in [-0.1, -0.05) is 23.7 Å². The SMILES string of the molecule is O=C(NCc1ccc(Cl)cc1)C(=O)NC[C@H]1OCCCN1S(=O)(=O)c1cc(F)ccc1F. The van der Waals surface area contributed by atoms with Crippen LogP contribution in [0.25, 0.3) is 0 Å². The lowest BCUT2D eigenvalue weighted by Gasteiger charge is -2.34. The summed E-state index contributed by atoms with van der Waals surface area (Å²) in [6.45, 7) is -0.103. The summed E-state index contributed by atoms with van der Waals surface area (Å²) >= 11 is 5.79. The van der Waals surface area contributed by atoms with Crippen LogP contribution in [-0.4, -0.2) is 50.5 Å². The lowest BCUT2D eigenvalue weighted by Crippen LogP contribution is -2.53. The molecule has 2 aromatic carbocycles. The molecule has 1 saturated heterocycles. The van der Waals surface area contributed by atoms with E-state index in [0.717, 1.165) is 22.0 Å². The Balaban J connectivity index is 1.62. The molecule has 12 heteroatoms. The van der Waals surface area contributed by atoms with Crippen molar-refractivity contribution in [3.63, 3.8) is 0 Å². The molecule has 172 valence electrons. The molecule has 0 radical (unpaired) electrons. The van der Waals surface area contributed by atoms with Crippen LogP contribution < -0.4 is 10.6 Å². The first-order chi connectivity index (χ1) is 15.2. The fraction of sp³-hybridized carbons (Fsp3) is 0.300. The van der Waals surface area contributed by atoms with Gasteiger partial charge in [0.1, 0.15) is 22.8 Å². The van der Waals surface area contributed by atoms with E-state index in [9.17, 15) is 26.8 Å². The highest BCUT2D eigenvalue weighted by molar-refractivity contribution is 7.89. The Morgan fingerprint density at radius 1 is 1.09 bits per heavy atom. The maximum Gasteiger partial charge on any atom is 0.309 e. The number of halogens is 3. The quantitative estimate of drug-likeness (QED) is 0.604. The van der Waals surface area contributed by atoms with Gasteiger partial charge in [-0.25, -0.2) is 17.2 Å². The number of rotatable bonds is 6. The molecule has 1 aliphatic heterocycles. The van der Waals surface area contributed by atoms with Crippen molar-refractivity contribution in [3.05, 3.63) is 64.7 Å². The Bertz CT molecular complexity index is 1100. The van der Waals surface area contributed by atoms with E-state index >= 15 is 0 Å².